The van der Waals surface area contributed by atoms with Gasteiger partial charge in [0.25, 0.3) is 0 Å². The number of benzene rings is 1. The minimum atomic E-state index is 0.322. The molecule has 4 nitrogen and oxygen atoms in total. The van der Waals surface area contributed by atoms with Crippen LogP contribution in [0.2, 0.25) is 0 Å². The minimum Gasteiger partial charge on any atom is -0.266 e. The smallest absolute Gasteiger partial charge is 0.146 e. The van der Waals surface area contributed by atoms with Gasteiger partial charge >= 0.3 is 0 Å². The SMILES string of the molecule is CC(C)c1n[nH]c(=S)c2c1cnn2-c1ccccc1. The molecule has 0 spiro atoms. The Labute approximate surface area is 116 Å². The molecule has 0 fully saturated rings. The number of para-hydroxylation sites is 1. The summed E-state index contributed by atoms with van der Waals surface area (Å²) in [5, 5.41) is 12.7. The molecule has 19 heavy (non-hydrogen) atoms. The largest absolute Gasteiger partial charge is 0.266 e. The van der Waals surface area contributed by atoms with Gasteiger partial charge in [0, 0.05) is 5.39 Å². The molecular weight excluding hydrogens is 256 g/mol. The Kier molecular flexibility index (Phi) is 2.91. The van der Waals surface area contributed by atoms with Crippen LogP contribution in [0.25, 0.3) is 16.6 Å². The first-order chi connectivity index (χ1) is 9.18. The number of hydrogen-bond acceptors (Lipinski definition) is 3. The highest BCUT2D eigenvalue weighted by Crippen LogP contribution is 2.24. The van der Waals surface area contributed by atoms with Crippen LogP contribution >= 0.6 is 12.2 Å². The van der Waals surface area contributed by atoms with Crippen LogP contribution in [0.1, 0.15) is 25.5 Å². The van der Waals surface area contributed by atoms with Gasteiger partial charge in [-0.25, -0.2) is 4.68 Å². The second-order valence-corrected chi connectivity index (χ2v) is 5.16. The van der Waals surface area contributed by atoms with Crippen molar-refractivity contribution >= 4 is 23.1 Å². The first kappa shape index (κ1) is 12.0. The Balaban J connectivity index is 2.35. The summed E-state index contributed by atoms with van der Waals surface area (Å²) in [7, 11) is 0. The lowest BCUT2D eigenvalue weighted by Crippen LogP contribution is -2.00. The maximum atomic E-state index is 5.36. The first-order valence-electron chi connectivity index (χ1n) is 6.20. The van der Waals surface area contributed by atoms with Crippen molar-refractivity contribution in [1.29, 1.82) is 0 Å². The molecule has 1 N–H and O–H groups in total. The van der Waals surface area contributed by atoms with Crippen LogP contribution in [0.15, 0.2) is 36.5 Å². The molecule has 0 radical (unpaired) electrons. The summed E-state index contributed by atoms with van der Waals surface area (Å²) in [6, 6.07) is 9.98. The number of rotatable bonds is 2. The fourth-order valence-electron chi connectivity index (χ4n) is 2.18. The van der Waals surface area contributed by atoms with Crippen molar-refractivity contribution in [2.75, 3.05) is 0 Å². The van der Waals surface area contributed by atoms with Crippen LogP contribution in [-0.4, -0.2) is 20.0 Å². The standard InChI is InChI=1S/C14H14N4S/c1-9(2)12-11-8-15-18(10-6-4-3-5-7-10)13(11)14(19)17-16-12/h3-9H,1-2H3,(H,17,19). The summed E-state index contributed by atoms with van der Waals surface area (Å²) in [5.41, 5.74) is 2.91. The molecule has 2 aromatic heterocycles. The molecule has 0 bridgehead atoms. The van der Waals surface area contributed by atoms with Gasteiger partial charge in [0.1, 0.15) is 10.2 Å². The van der Waals surface area contributed by atoms with Gasteiger partial charge in [0.15, 0.2) is 0 Å². The fraction of sp³-hybridized carbons (Fsp3) is 0.214. The van der Waals surface area contributed by atoms with Crippen molar-refractivity contribution in [3.05, 3.63) is 46.9 Å². The van der Waals surface area contributed by atoms with E-state index in [2.05, 4.69) is 29.1 Å². The average molecular weight is 270 g/mol. The van der Waals surface area contributed by atoms with Gasteiger partial charge < -0.3 is 0 Å². The molecule has 0 aliphatic rings. The lowest BCUT2D eigenvalue weighted by atomic mass is 10.1. The third-order valence-corrected chi connectivity index (χ3v) is 3.37. The quantitative estimate of drug-likeness (QED) is 0.724. The summed E-state index contributed by atoms with van der Waals surface area (Å²) in [6.45, 7) is 4.22. The lowest BCUT2D eigenvalue weighted by Gasteiger charge is -2.07. The van der Waals surface area contributed by atoms with Gasteiger partial charge in [-0.1, -0.05) is 44.3 Å². The first-order valence-corrected chi connectivity index (χ1v) is 6.61. The molecule has 5 heteroatoms. The molecule has 0 saturated carbocycles. The highest BCUT2D eigenvalue weighted by atomic mass is 32.1. The number of nitrogens with one attached hydrogen (secondary N) is 1. The molecule has 0 amide bonds. The van der Waals surface area contributed by atoms with Gasteiger partial charge in [-0.15, -0.1) is 0 Å². The molecule has 0 unspecified atom stereocenters. The van der Waals surface area contributed by atoms with E-state index >= 15 is 0 Å². The Morgan fingerprint density at radius 3 is 2.63 bits per heavy atom. The molecule has 0 saturated heterocycles. The zero-order valence-corrected chi connectivity index (χ0v) is 11.6. The third-order valence-electron chi connectivity index (χ3n) is 3.09. The second kappa shape index (κ2) is 4.59. The minimum absolute atomic E-state index is 0.322. The van der Waals surface area contributed by atoms with E-state index < -0.39 is 0 Å². The summed E-state index contributed by atoms with van der Waals surface area (Å²) in [4.78, 5) is 0. The van der Waals surface area contributed by atoms with E-state index in [1.165, 1.54) is 0 Å². The molecule has 1 aromatic carbocycles. The summed E-state index contributed by atoms with van der Waals surface area (Å²) in [6.07, 6.45) is 1.84. The zero-order chi connectivity index (χ0) is 13.4. The van der Waals surface area contributed by atoms with E-state index in [9.17, 15) is 0 Å². The summed E-state index contributed by atoms with van der Waals surface area (Å²) < 4.78 is 2.47. The lowest BCUT2D eigenvalue weighted by molar-refractivity contribution is 0.795. The number of aromatic amines is 1. The van der Waals surface area contributed by atoms with Gasteiger partial charge in [-0.3, -0.25) is 5.10 Å². The molecule has 0 aliphatic carbocycles. The van der Waals surface area contributed by atoms with Crippen LogP contribution in [0.3, 0.4) is 0 Å². The predicted octanol–water partition coefficient (Wildman–Crippen LogP) is 3.60. The van der Waals surface area contributed by atoms with Crippen molar-refractivity contribution in [3.8, 4) is 5.69 Å². The summed E-state index contributed by atoms with van der Waals surface area (Å²) in [5.74, 6) is 0.322. The fourth-order valence-corrected chi connectivity index (χ4v) is 2.43. The van der Waals surface area contributed by atoms with E-state index in [-0.39, 0.29) is 0 Å². The highest BCUT2D eigenvalue weighted by Gasteiger charge is 2.13. The number of fused-ring (bicyclic) bond motifs is 1. The molecule has 2 heterocycles. The normalized spacial score (nSPS) is 11.3. The van der Waals surface area contributed by atoms with Crippen LogP contribution < -0.4 is 0 Å². The molecule has 3 aromatic rings. The molecule has 0 aliphatic heterocycles. The zero-order valence-electron chi connectivity index (χ0n) is 10.8. The second-order valence-electron chi connectivity index (χ2n) is 4.75. The Bertz CT molecular complexity index is 771. The molecule has 96 valence electrons. The van der Waals surface area contributed by atoms with Crippen LogP contribution in [0.4, 0.5) is 0 Å². The van der Waals surface area contributed by atoms with Gasteiger partial charge in [0.05, 0.1) is 17.6 Å². The van der Waals surface area contributed by atoms with Crippen LogP contribution in [-0.2, 0) is 0 Å². The monoisotopic (exact) mass is 270 g/mol. The van der Waals surface area contributed by atoms with E-state index in [4.69, 9.17) is 12.2 Å². The number of hydrogen-bond donors (Lipinski definition) is 1. The summed E-state index contributed by atoms with van der Waals surface area (Å²) >= 11 is 5.36. The van der Waals surface area contributed by atoms with E-state index in [1.54, 1.807) is 0 Å². The number of aromatic nitrogens is 4. The maximum Gasteiger partial charge on any atom is 0.146 e. The number of H-pyrrole nitrogens is 1. The van der Waals surface area contributed by atoms with Crippen LogP contribution in [0.5, 0.6) is 0 Å². The Morgan fingerprint density at radius 2 is 1.95 bits per heavy atom. The average Bonchev–Trinajstić information content (AvgIpc) is 2.85. The van der Waals surface area contributed by atoms with E-state index in [1.807, 2.05) is 41.2 Å². The predicted molar refractivity (Wildman–Crippen MR) is 78.1 cm³/mol. The van der Waals surface area contributed by atoms with Crippen molar-refractivity contribution in [1.82, 2.24) is 20.0 Å². The van der Waals surface area contributed by atoms with E-state index in [0.717, 1.165) is 22.3 Å². The van der Waals surface area contributed by atoms with Crippen molar-refractivity contribution in [2.45, 2.75) is 19.8 Å². The van der Waals surface area contributed by atoms with Crippen molar-refractivity contribution in [3.63, 3.8) is 0 Å². The Morgan fingerprint density at radius 1 is 1.21 bits per heavy atom. The van der Waals surface area contributed by atoms with Gasteiger partial charge in [-0.2, -0.15) is 10.2 Å². The Hall–Kier alpha value is -2.01. The highest BCUT2D eigenvalue weighted by molar-refractivity contribution is 7.71. The van der Waals surface area contributed by atoms with Crippen LogP contribution in [0, 0.1) is 4.64 Å². The topological polar surface area (TPSA) is 46.5 Å². The van der Waals surface area contributed by atoms with Crippen molar-refractivity contribution < 1.29 is 0 Å². The van der Waals surface area contributed by atoms with Crippen molar-refractivity contribution in [2.24, 2.45) is 0 Å². The third kappa shape index (κ3) is 1.96. The molecule has 3 rings (SSSR count). The molecule has 0 atom stereocenters. The van der Waals surface area contributed by atoms with E-state index in [0.29, 0.717) is 10.6 Å². The number of nitrogens with zero attached hydrogens (tertiary/aromatic N) is 3. The molecular formula is C14H14N4S. The van der Waals surface area contributed by atoms with Gasteiger partial charge in [0.2, 0.25) is 0 Å². The maximum absolute atomic E-state index is 5.36. The van der Waals surface area contributed by atoms with Gasteiger partial charge in [-0.05, 0) is 18.1 Å².